The summed E-state index contributed by atoms with van der Waals surface area (Å²) in [6, 6.07) is 1.32. The van der Waals surface area contributed by atoms with Gasteiger partial charge in [0.15, 0.2) is 0 Å². The van der Waals surface area contributed by atoms with Gasteiger partial charge in [-0.05, 0) is 18.9 Å². The van der Waals surface area contributed by atoms with Crippen molar-refractivity contribution in [3.8, 4) is 6.01 Å². The zero-order chi connectivity index (χ0) is 15.7. The second-order valence-corrected chi connectivity index (χ2v) is 5.95. The number of nitrogens with zero attached hydrogens (tertiary/aromatic N) is 2. The first-order chi connectivity index (χ1) is 10.6. The predicted molar refractivity (Wildman–Crippen MR) is 81.5 cm³/mol. The lowest BCUT2D eigenvalue weighted by molar-refractivity contribution is 0.282. The molecule has 0 radical (unpaired) electrons. The Hall–Kier alpha value is -2.48. The van der Waals surface area contributed by atoms with Crippen LogP contribution in [0.3, 0.4) is 0 Å². The topological polar surface area (TPSA) is 98.1 Å². The van der Waals surface area contributed by atoms with Gasteiger partial charge >= 0.3 is 5.63 Å². The van der Waals surface area contributed by atoms with E-state index < -0.39 is 5.63 Å². The van der Waals surface area contributed by atoms with E-state index in [1.807, 2.05) is 13.8 Å². The zero-order valence-corrected chi connectivity index (χ0v) is 12.8. The summed E-state index contributed by atoms with van der Waals surface area (Å²) >= 11 is 1.49. The first-order valence-electron chi connectivity index (χ1n) is 6.68. The monoisotopic (exact) mass is 319 g/mol. The average Bonchev–Trinajstić information content (AvgIpc) is 2.89. The van der Waals surface area contributed by atoms with Crippen LogP contribution in [0.2, 0.25) is 0 Å². The Balaban J connectivity index is 1.98. The minimum Gasteiger partial charge on any atom is -0.459 e. The highest BCUT2D eigenvalue weighted by molar-refractivity contribution is 7.11. The van der Waals surface area contributed by atoms with E-state index >= 15 is 0 Å². The van der Waals surface area contributed by atoms with Crippen molar-refractivity contribution in [1.82, 2.24) is 15.0 Å². The van der Waals surface area contributed by atoms with Gasteiger partial charge in [-0.25, -0.2) is 9.78 Å². The van der Waals surface area contributed by atoms with Crippen LogP contribution in [0.5, 0.6) is 6.01 Å². The van der Waals surface area contributed by atoms with Crippen LogP contribution in [-0.4, -0.2) is 15.0 Å². The first-order valence-corrected chi connectivity index (χ1v) is 7.49. The van der Waals surface area contributed by atoms with Gasteiger partial charge in [0.25, 0.3) is 11.6 Å². The molecule has 0 unspecified atom stereocenters. The van der Waals surface area contributed by atoms with E-state index in [0.717, 1.165) is 9.88 Å². The summed E-state index contributed by atoms with van der Waals surface area (Å²) < 4.78 is 10.5. The van der Waals surface area contributed by atoms with Crippen LogP contribution < -0.4 is 15.9 Å². The number of fused-ring (bicyclic) bond motifs is 1. The van der Waals surface area contributed by atoms with Gasteiger partial charge in [0.2, 0.25) is 5.71 Å². The molecule has 3 heterocycles. The molecule has 7 nitrogen and oxygen atoms in total. The van der Waals surface area contributed by atoms with Crippen molar-refractivity contribution in [2.75, 3.05) is 0 Å². The fraction of sp³-hybridized carbons (Fsp3) is 0.286. The fourth-order valence-corrected chi connectivity index (χ4v) is 2.80. The van der Waals surface area contributed by atoms with Gasteiger partial charge in [0.05, 0.1) is 9.88 Å². The van der Waals surface area contributed by atoms with Crippen molar-refractivity contribution in [3.05, 3.63) is 48.5 Å². The molecule has 8 heteroatoms. The van der Waals surface area contributed by atoms with Crippen molar-refractivity contribution in [2.24, 2.45) is 0 Å². The molecule has 0 aliphatic rings. The third-order valence-corrected chi connectivity index (χ3v) is 3.96. The van der Waals surface area contributed by atoms with Crippen LogP contribution in [0, 0.1) is 6.92 Å². The summed E-state index contributed by atoms with van der Waals surface area (Å²) in [5.41, 5.74) is -0.333. The van der Waals surface area contributed by atoms with Crippen LogP contribution in [0.25, 0.3) is 11.1 Å². The number of nitrogens with one attached hydrogen (secondary N) is 1. The molecular weight excluding hydrogens is 306 g/mol. The standard InChI is InChI=1S/C14H13N3O4S/c1-3-8-4-10(18)21-13-11(8)12(19)16-14(17-13)20-6-9-5-15-7(2)22-9/h4-5H,3,6H2,1-2H3,(H,16,17,19). The highest BCUT2D eigenvalue weighted by Gasteiger charge is 2.12. The second-order valence-electron chi connectivity index (χ2n) is 4.63. The number of aromatic amines is 1. The molecule has 114 valence electrons. The molecule has 0 bridgehead atoms. The molecule has 1 N–H and O–H groups in total. The van der Waals surface area contributed by atoms with Crippen LogP contribution in [-0.2, 0) is 13.0 Å². The summed E-state index contributed by atoms with van der Waals surface area (Å²) in [4.78, 5) is 35.3. The molecule has 0 amide bonds. The van der Waals surface area contributed by atoms with E-state index in [1.54, 1.807) is 6.20 Å². The maximum Gasteiger partial charge on any atom is 0.337 e. The average molecular weight is 319 g/mol. The molecule has 3 rings (SSSR count). The van der Waals surface area contributed by atoms with Crippen LogP contribution in [0.15, 0.2) is 26.3 Å². The number of aromatic nitrogens is 3. The highest BCUT2D eigenvalue weighted by Crippen LogP contribution is 2.16. The van der Waals surface area contributed by atoms with Crippen LogP contribution >= 0.6 is 11.3 Å². The van der Waals surface area contributed by atoms with E-state index in [1.165, 1.54) is 17.4 Å². The minimum absolute atomic E-state index is 0.0106. The normalized spacial score (nSPS) is 11.0. The fourth-order valence-electron chi connectivity index (χ4n) is 2.09. The lowest BCUT2D eigenvalue weighted by atomic mass is 10.1. The molecule has 0 aromatic carbocycles. The van der Waals surface area contributed by atoms with Gasteiger partial charge in [-0.1, -0.05) is 6.92 Å². The molecule has 3 aromatic heterocycles. The first kappa shape index (κ1) is 14.5. The van der Waals surface area contributed by atoms with E-state index in [-0.39, 0.29) is 29.3 Å². The van der Waals surface area contributed by atoms with Gasteiger partial charge in [-0.15, -0.1) is 11.3 Å². The van der Waals surface area contributed by atoms with Crippen molar-refractivity contribution in [2.45, 2.75) is 26.9 Å². The maximum absolute atomic E-state index is 12.2. The number of hydrogen-bond acceptors (Lipinski definition) is 7. The zero-order valence-electron chi connectivity index (χ0n) is 12.0. The van der Waals surface area contributed by atoms with Gasteiger partial charge in [0.1, 0.15) is 12.0 Å². The third kappa shape index (κ3) is 2.77. The van der Waals surface area contributed by atoms with Crippen molar-refractivity contribution < 1.29 is 9.15 Å². The number of ether oxygens (including phenoxy) is 1. The molecule has 0 atom stereocenters. The van der Waals surface area contributed by atoms with Gasteiger partial charge in [0, 0.05) is 12.3 Å². The second kappa shape index (κ2) is 5.72. The molecule has 3 aromatic rings. The Bertz CT molecular complexity index is 941. The molecule has 0 aliphatic carbocycles. The molecular formula is C14H13N3O4S. The summed E-state index contributed by atoms with van der Waals surface area (Å²) in [5, 5.41) is 1.21. The summed E-state index contributed by atoms with van der Waals surface area (Å²) in [6.45, 7) is 3.98. The van der Waals surface area contributed by atoms with E-state index in [2.05, 4.69) is 15.0 Å². The Morgan fingerprint density at radius 3 is 2.91 bits per heavy atom. The Labute approximate surface area is 128 Å². The number of aryl methyl sites for hydroxylation is 2. The van der Waals surface area contributed by atoms with E-state index in [9.17, 15) is 9.59 Å². The quantitative estimate of drug-likeness (QED) is 0.787. The van der Waals surface area contributed by atoms with Crippen molar-refractivity contribution in [3.63, 3.8) is 0 Å². The van der Waals surface area contributed by atoms with Crippen LogP contribution in [0.1, 0.15) is 22.4 Å². The molecule has 22 heavy (non-hydrogen) atoms. The predicted octanol–water partition coefficient (Wildman–Crippen LogP) is 1.78. The highest BCUT2D eigenvalue weighted by atomic mass is 32.1. The van der Waals surface area contributed by atoms with Gasteiger partial charge in [-0.2, -0.15) is 4.98 Å². The Kier molecular flexibility index (Phi) is 3.76. The van der Waals surface area contributed by atoms with Crippen molar-refractivity contribution in [1.29, 1.82) is 0 Å². The maximum atomic E-state index is 12.2. The van der Waals surface area contributed by atoms with Gasteiger partial charge < -0.3 is 9.15 Å². The molecule has 0 saturated heterocycles. The van der Waals surface area contributed by atoms with Crippen molar-refractivity contribution >= 4 is 22.4 Å². The molecule has 0 aliphatic heterocycles. The lowest BCUT2D eigenvalue weighted by Crippen LogP contribution is -2.15. The van der Waals surface area contributed by atoms with E-state index in [0.29, 0.717) is 12.0 Å². The van der Waals surface area contributed by atoms with Crippen LogP contribution in [0.4, 0.5) is 0 Å². The summed E-state index contributed by atoms with van der Waals surface area (Å²) in [7, 11) is 0. The lowest BCUT2D eigenvalue weighted by Gasteiger charge is -2.05. The number of thiazole rings is 1. The van der Waals surface area contributed by atoms with E-state index in [4.69, 9.17) is 9.15 Å². The summed E-state index contributed by atoms with van der Waals surface area (Å²) in [6.07, 6.45) is 2.24. The molecule has 0 fully saturated rings. The molecule has 0 saturated carbocycles. The number of rotatable bonds is 4. The SMILES string of the molecule is CCc1cc(=O)oc2nc(OCc3cnc(C)s3)[nH]c(=O)c12. The molecule has 0 spiro atoms. The Morgan fingerprint density at radius 1 is 1.41 bits per heavy atom. The Morgan fingerprint density at radius 2 is 2.23 bits per heavy atom. The number of hydrogen-bond donors (Lipinski definition) is 1. The minimum atomic E-state index is -0.536. The smallest absolute Gasteiger partial charge is 0.337 e. The van der Waals surface area contributed by atoms with Gasteiger partial charge in [-0.3, -0.25) is 9.78 Å². The summed E-state index contributed by atoms with van der Waals surface area (Å²) in [5.74, 6) is 0. The largest absolute Gasteiger partial charge is 0.459 e. The third-order valence-electron chi connectivity index (χ3n) is 3.08. The number of H-pyrrole nitrogens is 1.